The van der Waals surface area contributed by atoms with E-state index in [0.717, 1.165) is 44.9 Å². The third kappa shape index (κ3) is 11.6. The minimum atomic E-state index is -0.174. The highest BCUT2D eigenvalue weighted by molar-refractivity contribution is 5.68. The standard InChI is InChI=1S/C13H27NO3/c1-3-11-14-17-13(16)10-8-6-5-7-9-12(15)4-2/h12,14-15H,3-11H2,1-2H3. The lowest BCUT2D eigenvalue weighted by molar-refractivity contribution is -0.151. The van der Waals surface area contributed by atoms with Gasteiger partial charge in [-0.05, 0) is 25.7 Å². The predicted octanol–water partition coefficient (Wildman–Crippen LogP) is 2.56. The van der Waals surface area contributed by atoms with Crippen LogP contribution in [0.4, 0.5) is 0 Å². The van der Waals surface area contributed by atoms with Crippen molar-refractivity contribution >= 4 is 5.97 Å². The first-order chi connectivity index (χ1) is 8.20. The molecule has 4 nitrogen and oxygen atoms in total. The third-order valence-corrected chi connectivity index (χ3v) is 2.68. The van der Waals surface area contributed by atoms with Gasteiger partial charge in [-0.3, -0.25) is 4.79 Å². The number of aliphatic hydroxyl groups is 1. The smallest absolute Gasteiger partial charge is 0.324 e. The highest BCUT2D eigenvalue weighted by atomic mass is 16.7. The Kier molecular flexibility index (Phi) is 11.4. The average Bonchev–Trinajstić information content (AvgIpc) is 2.33. The summed E-state index contributed by atoms with van der Waals surface area (Å²) in [5.41, 5.74) is 2.63. The molecule has 0 amide bonds. The summed E-state index contributed by atoms with van der Waals surface area (Å²) in [5.74, 6) is -0.174. The van der Waals surface area contributed by atoms with Gasteiger partial charge in [-0.25, -0.2) is 0 Å². The van der Waals surface area contributed by atoms with Crippen molar-refractivity contribution < 1.29 is 14.7 Å². The Bertz CT molecular complexity index is 186. The summed E-state index contributed by atoms with van der Waals surface area (Å²) in [5, 5.41) is 9.34. The van der Waals surface area contributed by atoms with Gasteiger partial charge in [0, 0.05) is 13.0 Å². The molecule has 0 aromatic heterocycles. The van der Waals surface area contributed by atoms with Crippen LogP contribution < -0.4 is 5.48 Å². The van der Waals surface area contributed by atoms with Crippen molar-refractivity contribution in [2.75, 3.05) is 6.54 Å². The van der Waals surface area contributed by atoms with Crippen LogP contribution in [0.2, 0.25) is 0 Å². The Hall–Kier alpha value is -0.610. The van der Waals surface area contributed by atoms with Crippen LogP contribution in [0.3, 0.4) is 0 Å². The van der Waals surface area contributed by atoms with Gasteiger partial charge < -0.3 is 9.94 Å². The first-order valence-electron chi connectivity index (χ1n) is 6.81. The molecule has 0 aliphatic carbocycles. The van der Waals surface area contributed by atoms with Crippen LogP contribution >= 0.6 is 0 Å². The van der Waals surface area contributed by atoms with E-state index >= 15 is 0 Å². The van der Waals surface area contributed by atoms with Crippen LogP contribution in [-0.2, 0) is 9.63 Å². The summed E-state index contributed by atoms with van der Waals surface area (Å²) in [7, 11) is 0. The molecule has 0 saturated heterocycles. The van der Waals surface area contributed by atoms with Crippen LogP contribution in [0.15, 0.2) is 0 Å². The number of hydrogen-bond donors (Lipinski definition) is 2. The first-order valence-corrected chi connectivity index (χ1v) is 6.81. The van der Waals surface area contributed by atoms with Crippen molar-refractivity contribution in [1.82, 2.24) is 5.48 Å². The van der Waals surface area contributed by atoms with Crippen molar-refractivity contribution in [3.63, 3.8) is 0 Å². The Morgan fingerprint density at radius 2 is 1.94 bits per heavy atom. The van der Waals surface area contributed by atoms with Gasteiger partial charge in [-0.1, -0.05) is 33.1 Å². The number of hydrogen-bond acceptors (Lipinski definition) is 4. The van der Waals surface area contributed by atoms with Crippen LogP contribution in [0, 0.1) is 0 Å². The fourth-order valence-corrected chi connectivity index (χ4v) is 1.49. The van der Waals surface area contributed by atoms with Crippen molar-refractivity contribution in [3.8, 4) is 0 Å². The lowest BCUT2D eigenvalue weighted by atomic mass is 10.1. The van der Waals surface area contributed by atoms with E-state index in [1.54, 1.807) is 0 Å². The molecule has 0 heterocycles. The molecule has 0 saturated carbocycles. The molecular weight excluding hydrogens is 218 g/mol. The summed E-state index contributed by atoms with van der Waals surface area (Å²) >= 11 is 0. The zero-order chi connectivity index (χ0) is 12.9. The molecule has 0 bridgehead atoms. The fraction of sp³-hybridized carbons (Fsp3) is 0.923. The summed E-state index contributed by atoms with van der Waals surface area (Å²) in [6.45, 7) is 4.72. The summed E-state index contributed by atoms with van der Waals surface area (Å²) < 4.78 is 0. The highest BCUT2D eigenvalue weighted by Crippen LogP contribution is 2.09. The van der Waals surface area contributed by atoms with E-state index in [1.165, 1.54) is 0 Å². The van der Waals surface area contributed by atoms with E-state index in [4.69, 9.17) is 4.84 Å². The zero-order valence-electron chi connectivity index (χ0n) is 11.2. The van der Waals surface area contributed by atoms with Gasteiger partial charge in [-0.2, -0.15) is 5.48 Å². The molecule has 17 heavy (non-hydrogen) atoms. The molecule has 0 rings (SSSR count). The van der Waals surface area contributed by atoms with Crippen molar-refractivity contribution in [3.05, 3.63) is 0 Å². The second-order valence-corrected chi connectivity index (χ2v) is 4.38. The van der Waals surface area contributed by atoms with E-state index in [1.807, 2.05) is 13.8 Å². The number of hydroxylamine groups is 1. The van der Waals surface area contributed by atoms with Gasteiger partial charge in [0.25, 0.3) is 0 Å². The maximum absolute atomic E-state index is 11.2. The predicted molar refractivity (Wildman–Crippen MR) is 68.4 cm³/mol. The van der Waals surface area contributed by atoms with E-state index < -0.39 is 0 Å². The minimum absolute atomic E-state index is 0.154. The van der Waals surface area contributed by atoms with Gasteiger partial charge in [0.15, 0.2) is 0 Å². The minimum Gasteiger partial charge on any atom is -0.393 e. The Balaban J connectivity index is 3.19. The van der Waals surface area contributed by atoms with Crippen LogP contribution in [-0.4, -0.2) is 23.7 Å². The average molecular weight is 245 g/mol. The quantitative estimate of drug-likeness (QED) is 0.434. The van der Waals surface area contributed by atoms with E-state index in [0.29, 0.717) is 13.0 Å². The monoisotopic (exact) mass is 245 g/mol. The summed E-state index contributed by atoms with van der Waals surface area (Å²) in [4.78, 5) is 16.0. The molecule has 102 valence electrons. The van der Waals surface area contributed by atoms with E-state index in [2.05, 4.69) is 5.48 Å². The van der Waals surface area contributed by atoms with Gasteiger partial charge in [-0.15, -0.1) is 0 Å². The van der Waals surface area contributed by atoms with Crippen LogP contribution in [0.1, 0.15) is 65.2 Å². The number of rotatable bonds is 11. The second-order valence-electron chi connectivity index (χ2n) is 4.38. The lowest BCUT2D eigenvalue weighted by Crippen LogP contribution is -2.20. The summed E-state index contributed by atoms with van der Waals surface area (Å²) in [6, 6.07) is 0. The van der Waals surface area contributed by atoms with Gasteiger partial charge in [0.2, 0.25) is 0 Å². The molecule has 2 N–H and O–H groups in total. The second kappa shape index (κ2) is 11.9. The molecule has 0 aliphatic rings. The molecule has 0 aromatic carbocycles. The first kappa shape index (κ1) is 16.4. The molecule has 4 heteroatoms. The van der Waals surface area contributed by atoms with Crippen LogP contribution in [0.5, 0.6) is 0 Å². The lowest BCUT2D eigenvalue weighted by Gasteiger charge is -2.07. The molecule has 0 aromatic rings. The van der Waals surface area contributed by atoms with Crippen LogP contribution in [0.25, 0.3) is 0 Å². The van der Waals surface area contributed by atoms with Gasteiger partial charge in [0.1, 0.15) is 0 Å². The molecule has 0 fully saturated rings. The molecule has 0 spiro atoms. The van der Waals surface area contributed by atoms with Crippen molar-refractivity contribution in [2.45, 2.75) is 71.3 Å². The van der Waals surface area contributed by atoms with Gasteiger partial charge >= 0.3 is 5.97 Å². The topological polar surface area (TPSA) is 58.6 Å². The summed E-state index contributed by atoms with van der Waals surface area (Å²) in [6.07, 6.45) is 6.99. The van der Waals surface area contributed by atoms with Crippen molar-refractivity contribution in [2.24, 2.45) is 0 Å². The maximum Gasteiger partial charge on any atom is 0.324 e. The Labute approximate surface area is 105 Å². The molecular formula is C13H27NO3. The molecule has 1 atom stereocenters. The number of carbonyl (C=O) groups excluding carboxylic acids is 1. The highest BCUT2D eigenvalue weighted by Gasteiger charge is 2.03. The normalized spacial score (nSPS) is 12.4. The van der Waals surface area contributed by atoms with Crippen molar-refractivity contribution in [1.29, 1.82) is 0 Å². The van der Waals surface area contributed by atoms with Gasteiger partial charge in [0.05, 0.1) is 6.10 Å². The molecule has 0 aliphatic heterocycles. The number of nitrogens with one attached hydrogen (secondary N) is 1. The Morgan fingerprint density at radius 1 is 1.24 bits per heavy atom. The Morgan fingerprint density at radius 3 is 2.59 bits per heavy atom. The molecule has 1 unspecified atom stereocenters. The maximum atomic E-state index is 11.2. The van der Waals surface area contributed by atoms with E-state index in [-0.39, 0.29) is 12.1 Å². The SMILES string of the molecule is CCCNOC(=O)CCCCCCC(O)CC. The van der Waals surface area contributed by atoms with E-state index in [9.17, 15) is 9.90 Å². The third-order valence-electron chi connectivity index (χ3n) is 2.68. The number of unbranched alkanes of at least 4 members (excludes halogenated alkanes) is 3. The largest absolute Gasteiger partial charge is 0.393 e. The molecule has 0 radical (unpaired) electrons. The fourth-order valence-electron chi connectivity index (χ4n) is 1.49. The number of carbonyl (C=O) groups is 1. The zero-order valence-corrected chi connectivity index (χ0v) is 11.2. The number of aliphatic hydroxyl groups excluding tert-OH is 1.